The summed E-state index contributed by atoms with van der Waals surface area (Å²) in [6.07, 6.45) is 14.2. The lowest BCUT2D eigenvalue weighted by Gasteiger charge is -2.22. The highest BCUT2D eigenvalue weighted by molar-refractivity contribution is 6.00. The molecule has 2 heterocycles. The molecule has 31 heavy (non-hydrogen) atoms. The van der Waals surface area contributed by atoms with Crippen molar-refractivity contribution in [2.24, 2.45) is 0 Å². The molecule has 0 bridgehead atoms. The van der Waals surface area contributed by atoms with Crippen LogP contribution in [0.15, 0.2) is 30.6 Å². The van der Waals surface area contributed by atoms with Crippen molar-refractivity contribution < 1.29 is 14.4 Å². The summed E-state index contributed by atoms with van der Waals surface area (Å²) in [4.78, 5) is 37.6. The summed E-state index contributed by atoms with van der Waals surface area (Å²) in [7, 11) is 1.56. The lowest BCUT2D eigenvalue weighted by atomic mass is 9.98. The number of unbranched alkanes of at least 4 members (excludes halogenated alkanes) is 2. The highest BCUT2D eigenvalue weighted by Gasteiger charge is 2.33. The highest BCUT2D eigenvalue weighted by atomic mass is 16.2. The van der Waals surface area contributed by atoms with Gasteiger partial charge in [-0.15, -0.1) is 6.42 Å². The van der Waals surface area contributed by atoms with Crippen molar-refractivity contribution >= 4 is 18.1 Å². The molecule has 162 valence electrons. The number of amides is 2. The zero-order chi connectivity index (χ0) is 22.2. The number of hydrogen-bond donors (Lipinski definition) is 1. The standard InChI is InChI=1S/C24H28N4O3/c1-3-18-14-26-27(15-18)13-6-4-5-8-19-9-7-10-21-22(19)16-28(24(21)31)20(17-29)11-12-23(30)25-2/h1,7,9-10,14-15,17,20H,4-6,8,11-13,16H2,2H3,(H,25,30). The number of rotatable bonds is 11. The van der Waals surface area contributed by atoms with Gasteiger partial charge in [-0.3, -0.25) is 14.3 Å². The van der Waals surface area contributed by atoms with E-state index in [0.29, 0.717) is 18.5 Å². The summed E-state index contributed by atoms with van der Waals surface area (Å²) >= 11 is 0. The largest absolute Gasteiger partial charge is 0.359 e. The van der Waals surface area contributed by atoms with Crippen molar-refractivity contribution in [1.82, 2.24) is 20.0 Å². The Morgan fingerprint density at radius 1 is 1.35 bits per heavy atom. The number of aromatic nitrogens is 2. The molecule has 1 atom stereocenters. The molecule has 1 unspecified atom stereocenters. The third kappa shape index (κ3) is 5.40. The summed E-state index contributed by atoms with van der Waals surface area (Å²) in [6, 6.07) is 5.19. The fourth-order valence-electron chi connectivity index (χ4n) is 3.95. The van der Waals surface area contributed by atoms with E-state index < -0.39 is 6.04 Å². The van der Waals surface area contributed by atoms with Crippen LogP contribution >= 0.6 is 0 Å². The monoisotopic (exact) mass is 420 g/mol. The third-order valence-electron chi connectivity index (χ3n) is 5.73. The number of carbonyl (C=O) groups excluding carboxylic acids is 3. The van der Waals surface area contributed by atoms with Gasteiger partial charge in [-0.05, 0) is 42.9 Å². The maximum atomic E-state index is 12.9. The second kappa shape index (κ2) is 10.6. The molecule has 1 aromatic heterocycles. The Hall–Kier alpha value is -3.40. The minimum absolute atomic E-state index is 0.131. The maximum absolute atomic E-state index is 12.9. The van der Waals surface area contributed by atoms with Crippen molar-refractivity contribution in [1.29, 1.82) is 0 Å². The number of nitrogens with one attached hydrogen (secondary N) is 1. The fourth-order valence-corrected chi connectivity index (χ4v) is 3.95. The first-order valence-corrected chi connectivity index (χ1v) is 10.6. The number of aryl methyl sites for hydroxylation is 2. The molecule has 0 aliphatic carbocycles. The Bertz CT molecular complexity index is 989. The summed E-state index contributed by atoms with van der Waals surface area (Å²) in [5.41, 5.74) is 3.61. The van der Waals surface area contributed by atoms with Crippen LogP contribution in [0.3, 0.4) is 0 Å². The number of terminal acetylenes is 1. The van der Waals surface area contributed by atoms with Crippen LogP contribution in [0, 0.1) is 12.3 Å². The van der Waals surface area contributed by atoms with Gasteiger partial charge in [-0.1, -0.05) is 24.5 Å². The van der Waals surface area contributed by atoms with E-state index in [1.807, 2.05) is 23.0 Å². The van der Waals surface area contributed by atoms with E-state index in [1.54, 1.807) is 18.1 Å². The molecule has 0 saturated heterocycles. The molecule has 0 radical (unpaired) electrons. The smallest absolute Gasteiger partial charge is 0.255 e. The van der Waals surface area contributed by atoms with E-state index >= 15 is 0 Å². The van der Waals surface area contributed by atoms with Crippen molar-refractivity contribution in [3.63, 3.8) is 0 Å². The fraction of sp³-hybridized carbons (Fsp3) is 0.417. The van der Waals surface area contributed by atoms with Crippen molar-refractivity contribution in [3.05, 3.63) is 52.8 Å². The van der Waals surface area contributed by atoms with Gasteiger partial charge in [0.05, 0.1) is 17.8 Å². The first kappa shape index (κ1) is 22.3. The quantitative estimate of drug-likeness (QED) is 0.344. The van der Waals surface area contributed by atoms with Crippen LogP contribution in [-0.2, 0) is 29.1 Å². The number of carbonyl (C=O) groups is 3. The molecule has 1 aromatic carbocycles. The van der Waals surface area contributed by atoms with Gasteiger partial charge in [-0.25, -0.2) is 0 Å². The lowest BCUT2D eigenvalue weighted by molar-refractivity contribution is -0.121. The Morgan fingerprint density at radius 2 is 2.19 bits per heavy atom. The van der Waals surface area contributed by atoms with Gasteiger partial charge in [0.15, 0.2) is 0 Å². The molecule has 7 nitrogen and oxygen atoms in total. The van der Waals surface area contributed by atoms with E-state index in [4.69, 9.17) is 6.42 Å². The van der Waals surface area contributed by atoms with Crippen LogP contribution in [0.2, 0.25) is 0 Å². The van der Waals surface area contributed by atoms with Crippen LogP contribution in [0.1, 0.15) is 59.2 Å². The average Bonchev–Trinajstić information content (AvgIpc) is 3.39. The van der Waals surface area contributed by atoms with Crippen LogP contribution in [-0.4, -0.2) is 45.9 Å². The van der Waals surface area contributed by atoms with Gasteiger partial charge in [0.2, 0.25) is 5.91 Å². The number of aldehydes is 1. The molecule has 1 aliphatic heterocycles. The molecule has 2 amide bonds. The Morgan fingerprint density at radius 3 is 2.90 bits per heavy atom. The van der Waals surface area contributed by atoms with Crippen molar-refractivity contribution in [3.8, 4) is 12.3 Å². The lowest BCUT2D eigenvalue weighted by Crippen LogP contribution is -2.37. The number of hydrogen-bond acceptors (Lipinski definition) is 4. The molecule has 1 N–H and O–H groups in total. The second-order valence-corrected chi connectivity index (χ2v) is 7.74. The van der Waals surface area contributed by atoms with Gasteiger partial charge in [0, 0.05) is 38.3 Å². The van der Waals surface area contributed by atoms with Gasteiger partial charge in [0.25, 0.3) is 5.91 Å². The number of fused-ring (bicyclic) bond motifs is 1. The third-order valence-corrected chi connectivity index (χ3v) is 5.73. The minimum atomic E-state index is -0.591. The summed E-state index contributed by atoms with van der Waals surface area (Å²) in [5, 5.41) is 6.79. The van der Waals surface area contributed by atoms with E-state index in [2.05, 4.69) is 22.4 Å². The number of benzene rings is 1. The molecular formula is C24H28N4O3. The van der Waals surface area contributed by atoms with Gasteiger partial charge < -0.3 is 15.0 Å². The Balaban J connectivity index is 1.55. The molecule has 0 fully saturated rings. The summed E-state index contributed by atoms with van der Waals surface area (Å²) in [6.45, 7) is 1.25. The summed E-state index contributed by atoms with van der Waals surface area (Å²) in [5.74, 6) is 2.31. The first-order valence-electron chi connectivity index (χ1n) is 10.6. The molecule has 2 aromatic rings. The van der Waals surface area contributed by atoms with Crippen molar-refractivity contribution in [2.45, 2.75) is 57.7 Å². The van der Waals surface area contributed by atoms with Crippen LogP contribution in [0.4, 0.5) is 0 Å². The molecule has 7 heteroatoms. The van der Waals surface area contributed by atoms with E-state index in [9.17, 15) is 14.4 Å². The Kier molecular flexibility index (Phi) is 7.60. The zero-order valence-corrected chi connectivity index (χ0v) is 17.8. The maximum Gasteiger partial charge on any atom is 0.255 e. The summed E-state index contributed by atoms with van der Waals surface area (Å²) < 4.78 is 1.87. The molecule has 0 saturated carbocycles. The molecule has 1 aliphatic rings. The van der Waals surface area contributed by atoms with Crippen LogP contribution in [0.5, 0.6) is 0 Å². The number of nitrogens with zero attached hydrogens (tertiary/aromatic N) is 3. The minimum Gasteiger partial charge on any atom is -0.359 e. The molecular weight excluding hydrogens is 392 g/mol. The van der Waals surface area contributed by atoms with E-state index in [0.717, 1.165) is 55.2 Å². The molecule has 0 spiro atoms. The van der Waals surface area contributed by atoms with E-state index in [1.165, 1.54) is 0 Å². The van der Waals surface area contributed by atoms with Gasteiger partial charge in [0.1, 0.15) is 6.29 Å². The van der Waals surface area contributed by atoms with Crippen molar-refractivity contribution in [2.75, 3.05) is 7.05 Å². The second-order valence-electron chi connectivity index (χ2n) is 7.74. The van der Waals surface area contributed by atoms with Gasteiger partial charge in [-0.2, -0.15) is 5.10 Å². The normalized spacial score (nSPS) is 13.5. The SMILES string of the molecule is C#Cc1cnn(CCCCCc2cccc3c2CN(C(C=O)CCC(=O)NC)C3=O)c1. The van der Waals surface area contributed by atoms with Crippen LogP contribution in [0.25, 0.3) is 0 Å². The zero-order valence-electron chi connectivity index (χ0n) is 17.8. The van der Waals surface area contributed by atoms with Crippen LogP contribution < -0.4 is 5.32 Å². The molecule has 3 rings (SSSR count). The predicted molar refractivity (Wildman–Crippen MR) is 117 cm³/mol. The average molecular weight is 421 g/mol. The van der Waals surface area contributed by atoms with Gasteiger partial charge >= 0.3 is 0 Å². The van der Waals surface area contributed by atoms with E-state index in [-0.39, 0.29) is 18.2 Å². The highest BCUT2D eigenvalue weighted by Crippen LogP contribution is 2.29. The first-order chi connectivity index (χ1) is 15.1. The predicted octanol–water partition coefficient (Wildman–Crippen LogP) is 2.33. The Labute approximate surface area is 182 Å². The topological polar surface area (TPSA) is 84.3 Å².